The first-order valence-corrected chi connectivity index (χ1v) is 11.9. The van der Waals surface area contributed by atoms with Crippen LogP contribution < -0.4 is 20.1 Å². The van der Waals surface area contributed by atoms with Gasteiger partial charge in [0, 0.05) is 11.8 Å². The number of anilines is 2. The van der Waals surface area contributed by atoms with E-state index in [1.807, 2.05) is 24.3 Å². The van der Waals surface area contributed by atoms with Gasteiger partial charge in [0.15, 0.2) is 6.10 Å². The summed E-state index contributed by atoms with van der Waals surface area (Å²) in [4.78, 5) is 36.4. The fourth-order valence-corrected chi connectivity index (χ4v) is 4.08. The molecule has 0 bridgehead atoms. The average Bonchev–Trinajstić information content (AvgIpc) is 2.87. The van der Waals surface area contributed by atoms with E-state index in [2.05, 4.69) is 10.6 Å². The van der Waals surface area contributed by atoms with Crippen LogP contribution >= 0.6 is 0 Å². The average molecular weight is 505 g/mol. The smallest absolute Gasteiger partial charge is 0.397 e. The highest BCUT2D eigenvalue weighted by Crippen LogP contribution is 2.35. The summed E-state index contributed by atoms with van der Waals surface area (Å²) in [5, 5.41) is 15.6. The van der Waals surface area contributed by atoms with Gasteiger partial charge in [-0.25, -0.2) is 4.79 Å². The van der Waals surface area contributed by atoms with Crippen molar-refractivity contribution in [1.82, 2.24) is 0 Å². The number of phenols is 1. The van der Waals surface area contributed by atoms with Crippen LogP contribution in [0.3, 0.4) is 0 Å². The maximum atomic E-state index is 12.9. The molecule has 0 radical (unpaired) electrons. The number of aryl methyl sites for hydroxylation is 3. The number of rotatable bonds is 6. The Bertz CT molecular complexity index is 1330. The number of fused-ring (bicyclic) bond motifs is 1. The van der Waals surface area contributed by atoms with Gasteiger partial charge >= 0.3 is 11.9 Å². The molecule has 3 N–H and O–H groups in total. The van der Waals surface area contributed by atoms with Crippen molar-refractivity contribution < 1.29 is 33.7 Å². The van der Waals surface area contributed by atoms with E-state index in [1.54, 1.807) is 39.0 Å². The number of ether oxygens (including phenoxy) is 3. The SMILES string of the molecule is CCOC(=O)C(=O)Nc1cc(C)c(Oc2ccc(O)c(NC(=O)C3CCc4ccccc4O3)c2)c(C)c1. The monoisotopic (exact) mass is 504 g/mol. The summed E-state index contributed by atoms with van der Waals surface area (Å²) in [6.45, 7) is 5.32. The predicted octanol–water partition coefficient (Wildman–Crippen LogP) is 4.64. The Morgan fingerprint density at radius 2 is 1.76 bits per heavy atom. The lowest BCUT2D eigenvalue weighted by molar-refractivity contribution is -0.152. The van der Waals surface area contributed by atoms with Crippen LogP contribution in [0.5, 0.6) is 23.0 Å². The number of aromatic hydroxyl groups is 1. The number of phenolic OH excluding ortho intramolecular Hbond substituents is 1. The Morgan fingerprint density at radius 1 is 1.03 bits per heavy atom. The molecule has 0 aromatic heterocycles. The molecule has 0 aliphatic carbocycles. The van der Waals surface area contributed by atoms with Gasteiger partial charge in [0.25, 0.3) is 5.91 Å². The highest BCUT2D eigenvalue weighted by molar-refractivity contribution is 6.37. The highest BCUT2D eigenvalue weighted by Gasteiger charge is 2.26. The van der Waals surface area contributed by atoms with Crippen molar-refractivity contribution in [2.45, 2.75) is 39.7 Å². The Hall–Kier alpha value is -4.53. The van der Waals surface area contributed by atoms with E-state index < -0.39 is 18.0 Å². The predicted molar refractivity (Wildman–Crippen MR) is 137 cm³/mol. The van der Waals surface area contributed by atoms with E-state index in [1.165, 1.54) is 12.1 Å². The molecule has 0 spiro atoms. The van der Waals surface area contributed by atoms with E-state index in [0.29, 0.717) is 40.5 Å². The number of carbonyl (C=O) groups is 3. The Balaban J connectivity index is 1.46. The Labute approximate surface area is 214 Å². The molecule has 4 rings (SSSR count). The standard InChI is InChI=1S/C28H28N2O7/c1-4-35-28(34)27(33)29-19-13-16(2)25(17(3)14-19)36-20-10-11-22(31)21(15-20)30-26(32)24-12-9-18-7-5-6-8-23(18)37-24/h5-8,10-11,13-15,24,31H,4,9,12H2,1-3H3,(H,29,33)(H,30,32). The fraction of sp³-hybridized carbons (Fsp3) is 0.250. The van der Waals surface area contributed by atoms with E-state index in [9.17, 15) is 19.5 Å². The first-order chi connectivity index (χ1) is 17.7. The minimum Gasteiger partial charge on any atom is -0.506 e. The summed E-state index contributed by atoms with van der Waals surface area (Å²) < 4.78 is 16.6. The molecule has 9 heteroatoms. The van der Waals surface area contributed by atoms with Gasteiger partial charge in [0.2, 0.25) is 0 Å². The third-order valence-electron chi connectivity index (χ3n) is 5.83. The molecule has 0 saturated carbocycles. The highest BCUT2D eigenvalue weighted by atomic mass is 16.5. The van der Waals surface area contributed by atoms with Crippen LogP contribution in [0.1, 0.15) is 30.0 Å². The number of hydrogen-bond acceptors (Lipinski definition) is 7. The van der Waals surface area contributed by atoms with Gasteiger partial charge in [-0.15, -0.1) is 0 Å². The topological polar surface area (TPSA) is 123 Å². The van der Waals surface area contributed by atoms with Crippen molar-refractivity contribution in [2.24, 2.45) is 0 Å². The van der Waals surface area contributed by atoms with E-state index in [-0.39, 0.29) is 24.0 Å². The third kappa shape index (κ3) is 6.00. The lowest BCUT2D eigenvalue weighted by Gasteiger charge is -2.25. The van der Waals surface area contributed by atoms with E-state index in [0.717, 1.165) is 12.0 Å². The van der Waals surface area contributed by atoms with Gasteiger partial charge < -0.3 is 30.0 Å². The second-order valence-corrected chi connectivity index (χ2v) is 8.64. The number of amides is 2. The molecule has 192 valence electrons. The van der Waals surface area contributed by atoms with Gasteiger partial charge in [-0.3, -0.25) is 9.59 Å². The normalized spacial score (nSPS) is 14.1. The molecule has 1 atom stereocenters. The van der Waals surface area contributed by atoms with Crippen molar-refractivity contribution in [1.29, 1.82) is 0 Å². The van der Waals surface area contributed by atoms with E-state index >= 15 is 0 Å². The van der Waals surface area contributed by atoms with Gasteiger partial charge in [-0.05, 0) is 80.6 Å². The zero-order valence-electron chi connectivity index (χ0n) is 20.8. The van der Waals surface area contributed by atoms with Crippen LogP contribution in [0.4, 0.5) is 11.4 Å². The van der Waals surface area contributed by atoms with Gasteiger partial charge in [-0.2, -0.15) is 0 Å². The molecule has 1 aliphatic heterocycles. The Morgan fingerprint density at radius 3 is 2.49 bits per heavy atom. The second-order valence-electron chi connectivity index (χ2n) is 8.64. The van der Waals surface area contributed by atoms with Crippen molar-refractivity contribution in [3.63, 3.8) is 0 Å². The molecule has 0 saturated heterocycles. The van der Waals surface area contributed by atoms with Crippen LogP contribution in [-0.4, -0.2) is 35.6 Å². The number of benzene rings is 3. The summed E-state index contributed by atoms with van der Waals surface area (Å²) in [5.74, 6) is -0.693. The zero-order chi connectivity index (χ0) is 26.5. The number of nitrogens with one attached hydrogen (secondary N) is 2. The van der Waals surface area contributed by atoms with Crippen LogP contribution in [-0.2, 0) is 25.5 Å². The van der Waals surface area contributed by atoms with Gasteiger partial charge in [0.05, 0.1) is 12.3 Å². The van der Waals surface area contributed by atoms with Crippen molar-refractivity contribution in [3.8, 4) is 23.0 Å². The molecule has 9 nitrogen and oxygen atoms in total. The van der Waals surface area contributed by atoms with E-state index in [4.69, 9.17) is 14.2 Å². The summed E-state index contributed by atoms with van der Waals surface area (Å²) >= 11 is 0. The minimum atomic E-state index is -0.959. The molecule has 2 amide bonds. The molecule has 1 heterocycles. The number of esters is 1. The lowest BCUT2D eigenvalue weighted by Crippen LogP contribution is -2.35. The molecular weight excluding hydrogens is 476 g/mol. The number of carbonyl (C=O) groups excluding carboxylic acids is 3. The van der Waals surface area contributed by atoms with Gasteiger partial charge in [0.1, 0.15) is 23.0 Å². The maximum Gasteiger partial charge on any atom is 0.397 e. The first-order valence-electron chi connectivity index (χ1n) is 11.9. The molecule has 0 fully saturated rings. The maximum absolute atomic E-state index is 12.9. The van der Waals surface area contributed by atoms with Crippen LogP contribution in [0.2, 0.25) is 0 Å². The summed E-state index contributed by atoms with van der Waals surface area (Å²) in [7, 11) is 0. The van der Waals surface area contributed by atoms with Crippen molar-refractivity contribution in [2.75, 3.05) is 17.2 Å². The van der Waals surface area contributed by atoms with Gasteiger partial charge in [-0.1, -0.05) is 18.2 Å². The largest absolute Gasteiger partial charge is 0.506 e. The lowest BCUT2D eigenvalue weighted by atomic mass is 10.0. The summed E-state index contributed by atoms with van der Waals surface area (Å²) in [5.41, 5.74) is 3.08. The van der Waals surface area contributed by atoms with Crippen molar-refractivity contribution in [3.05, 3.63) is 71.3 Å². The first kappa shape index (κ1) is 25.6. The zero-order valence-corrected chi connectivity index (χ0v) is 20.8. The third-order valence-corrected chi connectivity index (χ3v) is 5.83. The quantitative estimate of drug-likeness (QED) is 0.254. The molecular formula is C28H28N2O7. The number of hydrogen-bond donors (Lipinski definition) is 3. The molecule has 1 aliphatic rings. The fourth-order valence-electron chi connectivity index (χ4n) is 4.08. The molecule has 37 heavy (non-hydrogen) atoms. The molecule has 3 aromatic rings. The molecule has 1 unspecified atom stereocenters. The Kier molecular flexibility index (Phi) is 7.62. The van der Waals surface area contributed by atoms with Crippen LogP contribution in [0.15, 0.2) is 54.6 Å². The second kappa shape index (κ2) is 11.0. The number of para-hydroxylation sites is 1. The van der Waals surface area contributed by atoms with Crippen LogP contribution in [0, 0.1) is 13.8 Å². The van der Waals surface area contributed by atoms with Crippen molar-refractivity contribution >= 4 is 29.2 Å². The summed E-state index contributed by atoms with van der Waals surface area (Å²) in [6, 6.07) is 15.5. The van der Waals surface area contributed by atoms with Crippen LogP contribution in [0.25, 0.3) is 0 Å². The summed E-state index contributed by atoms with van der Waals surface area (Å²) in [6.07, 6.45) is 0.566. The molecule has 3 aromatic carbocycles. The minimum absolute atomic E-state index is 0.105.